The van der Waals surface area contributed by atoms with Gasteiger partial charge < -0.3 is 14.9 Å². The molecule has 0 spiro atoms. The molecule has 0 rings (SSSR count). The first-order chi connectivity index (χ1) is 6.41. The summed E-state index contributed by atoms with van der Waals surface area (Å²) in [5.74, 6) is -2.79. The van der Waals surface area contributed by atoms with Gasteiger partial charge in [-0.3, -0.25) is 14.4 Å². The molecule has 0 aromatic rings. The zero-order valence-electron chi connectivity index (χ0n) is 9.89. The third kappa shape index (κ3) is 14.3. The molecule has 1 unspecified atom stereocenters. The Morgan fingerprint density at radius 2 is 1.69 bits per heavy atom. The summed E-state index contributed by atoms with van der Waals surface area (Å²) in [7, 11) is 0. The molecule has 0 saturated heterocycles. The average molecular weight is 313 g/mol. The van der Waals surface area contributed by atoms with Crippen molar-refractivity contribution in [1.29, 1.82) is 0 Å². The van der Waals surface area contributed by atoms with Crippen molar-refractivity contribution in [2.75, 3.05) is 0 Å². The van der Waals surface area contributed by atoms with Crippen molar-refractivity contribution in [1.82, 2.24) is 0 Å². The molecule has 0 aromatic carbocycles. The van der Waals surface area contributed by atoms with Crippen molar-refractivity contribution in [3.8, 4) is 0 Å². The Labute approximate surface area is 131 Å². The van der Waals surface area contributed by atoms with Gasteiger partial charge in [0.15, 0.2) is 0 Å². The van der Waals surface area contributed by atoms with Gasteiger partial charge in [-0.2, -0.15) is 0 Å². The first kappa shape index (κ1) is 21.6. The molecule has 0 aliphatic carbocycles. The summed E-state index contributed by atoms with van der Waals surface area (Å²) in [5, 5.41) is 0. The molecule has 0 amide bonds. The van der Waals surface area contributed by atoms with E-state index in [-0.39, 0.29) is 50.5 Å². The van der Waals surface area contributed by atoms with E-state index in [4.69, 9.17) is 0 Å². The number of rotatable bonds is 4. The van der Waals surface area contributed by atoms with Crippen LogP contribution in [0.5, 0.6) is 0 Å². The van der Waals surface area contributed by atoms with Crippen molar-refractivity contribution < 1.29 is 82.5 Å². The number of carbonyl (C=O) groups excluding carboxylic acids is 3. The summed E-state index contributed by atoms with van der Waals surface area (Å²) in [6.45, 7) is 1.03. The van der Waals surface area contributed by atoms with Gasteiger partial charge in [0.25, 0.3) is 0 Å². The Bertz CT molecular complexity index is 260. The number of carbonyl (C=O) groups is 3. The molecule has 7 nitrogen and oxygen atoms in total. The van der Waals surface area contributed by atoms with E-state index in [1.165, 1.54) is 0 Å². The van der Waals surface area contributed by atoms with Gasteiger partial charge in [-0.1, -0.05) is 0 Å². The molecule has 16 heavy (non-hydrogen) atoms. The second-order valence-corrected chi connectivity index (χ2v) is 2.70. The van der Waals surface area contributed by atoms with Crippen LogP contribution < -0.4 is 29.6 Å². The van der Waals surface area contributed by atoms with Gasteiger partial charge in [0.05, 0.1) is 12.8 Å². The molecule has 0 N–H and O–H groups in total. The van der Waals surface area contributed by atoms with Gasteiger partial charge >= 0.3 is 47.5 Å². The summed E-state index contributed by atoms with van der Waals surface area (Å²) in [4.78, 5) is 31.4. The van der Waals surface area contributed by atoms with Gasteiger partial charge in [-0.25, -0.2) is 4.21 Å². The minimum absolute atomic E-state index is 0. The maximum atomic E-state index is 10.6. The van der Waals surface area contributed by atoms with Crippen molar-refractivity contribution >= 4 is 29.3 Å². The monoisotopic (exact) mass is 311 g/mol. The minimum Gasteiger partial charge on any atom is -1.00 e. The summed E-state index contributed by atoms with van der Waals surface area (Å²) >= 11 is -2.94. The zero-order valence-corrected chi connectivity index (χ0v) is 14.7. The fourth-order valence-corrected chi connectivity index (χ4v) is 0.768. The van der Waals surface area contributed by atoms with Crippen molar-refractivity contribution in [2.24, 2.45) is 0 Å². The summed E-state index contributed by atoms with van der Waals surface area (Å²) in [6.07, 6.45) is -0.865. The first-order valence-electron chi connectivity index (χ1n) is 3.43. The summed E-state index contributed by atoms with van der Waals surface area (Å²) < 4.78 is 27.4. The number of ether oxygens (including phenoxy) is 1. The second-order valence-electron chi connectivity index (χ2n) is 2.13. The quantitative estimate of drug-likeness (QED) is 0.227. The molecule has 1 atom stereocenters. The first-order valence-corrected chi connectivity index (χ1v) is 4.43. The molecular formula is C6H8NaO7SZn-. The van der Waals surface area contributed by atoms with E-state index in [1.807, 2.05) is 0 Å². The molecule has 0 aromatic heterocycles. The van der Waals surface area contributed by atoms with E-state index >= 15 is 0 Å². The summed E-state index contributed by atoms with van der Waals surface area (Å²) in [5.41, 5.74) is 0. The van der Waals surface area contributed by atoms with Crippen LogP contribution in [0.2, 0.25) is 0 Å². The Kier molecular flexibility index (Phi) is 16.0. The fraction of sp³-hybridized carbons (Fsp3) is 0.500. The van der Waals surface area contributed by atoms with Gasteiger partial charge in [0.2, 0.25) is 0 Å². The van der Waals surface area contributed by atoms with Crippen molar-refractivity contribution in [2.45, 2.75) is 19.8 Å². The largest absolute Gasteiger partial charge is 1.00 e. The Morgan fingerprint density at radius 1 is 1.25 bits per heavy atom. The molecule has 0 radical (unpaired) electrons. The SMILES string of the molecule is CC(=O)OC(=O)CCC(=O)OS(=O)[O-].[H-].[Na+].[Zn]. The van der Waals surface area contributed by atoms with Crippen LogP contribution in [-0.2, 0) is 54.1 Å². The van der Waals surface area contributed by atoms with Gasteiger partial charge in [-0.05, 0) is 0 Å². The second kappa shape index (κ2) is 11.8. The van der Waals surface area contributed by atoms with Gasteiger partial charge in [0.1, 0.15) is 11.4 Å². The molecule has 84 valence electrons. The smallest absolute Gasteiger partial charge is 1.00 e. The molecule has 0 heterocycles. The normalized spacial score (nSPS) is 10.1. The summed E-state index contributed by atoms with van der Waals surface area (Å²) in [6, 6.07) is 0. The maximum Gasteiger partial charge on any atom is 1.00 e. The predicted molar refractivity (Wildman–Crippen MR) is 42.1 cm³/mol. The van der Waals surface area contributed by atoms with E-state index in [2.05, 4.69) is 8.92 Å². The predicted octanol–water partition coefficient (Wildman–Crippen LogP) is -3.69. The molecule has 0 fully saturated rings. The molecule has 0 bridgehead atoms. The van der Waals surface area contributed by atoms with Crippen LogP contribution in [0.15, 0.2) is 0 Å². The number of esters is 2. The molecular weight excluding hydrogens is 305 g/mol. The third-order valence-corrected chi connectivity index (χ3v) is 1.27. The van der Waals surface area contributed by atoms with Crippen LogP contribution in [0.1, 0.15) is 21.2 Å². The van der Waals surface area contributed by atoms with Crippen LogP contribution in [0.3, 0.4) is 0 Å². The third-order valence-electron chi connectivity index (χ3n) is 0.952. The van der Waals surface area contributed by atoms with Crippen LogP contribution in [-0.4, -0.2) is 26.7 Å². The standard InChI is InChI=1S/C6H8O7S.Na.Zn.H/c1-4(7)12-5(8)2-3-6(9)13-14(10)11;;;/h2-3H2,1H3,(H,10,11);;;/q;+1;;-1/p-1. The Balaban J connectivity index is -0.000000282. The van der Waals surface area contributed by atoms with Crippen LogP contribution in [0, 0.1) is 0 Å². The number of hydrogen-bond acceptors (Lipinski definition) is 7. The maximum absolute atomic E-state index is 10.6. The van der Waals surface area contributed by atoms with Crippen LogP contribution >= 0.6 is 0 Å². The van der Waals surface area contributed by atoms with E-state index in [0.717, 1.165) is 6.92 Å². The Morgan fingerprint density at radius 3 is 2.06 bits per heavy atom. The van der Waals surface area contributed by atoms with E-state index < -0.39 is 42.1 Å². The topological polar surface area (TPSA) is 110 Å². The molecule has 0 aliphatic rings. The fourth-order valence-electron chi connectivity index (χ4n) is 0.533. The van der Waals surface area contributed by atoms with Crippen molar-refractivity contribution in [3.63, 3.8) is 0 Å². The van der Waals surface area contributed by atoms with Crippen LogP contribution in [0.25, 0.3) is 0 Å². The van der Waals surface area contributed by atoms with E-state index in [1.54, 1.807) is 0 Å². The van der Waals surface area contributed by atoms with Gasteiger partial charge in [-0.15, -0.1) is 0 Å². The Hall–Kier alpha value is 0.343. The van der Waals surface area contributed by atoms with Crippen molar-refractivity contribution in [3.05, 3.63) is 0 Å². The zero-order chi connectivity index (χ0) is 11.1. The number of hydrogen-bond donors (Lipinski definition) is 0. The van der Waals surface area contributed by atoms with Gasteiger partial charge in [0, 0.05) is 26.4 Å². The molecule has 0 saturated carbocycles. The van der Waals surface area contributed by atoms with E-state index in [0.29, 0.717) is 0 Å². The average Bonchev–Trinajstić information content (AvgIpc) is 1.98. The minimum atomic E-state index is -2.94. The van der Waals surface area contributed by atoms with E-state index in [9.17, 15) is 23.1 Å². The molecule has 0 aliphatic heterocycles. The van der Waals surface area contributed by atoms with Crippen LogP contribution in [0.4, 0.5) is 0 Å². The molecule has 10 heteroatoms.